The predicted molar refractivity (Wildman–Crippen MR) is 91.8 cm³/mol. The number of hydrazone groups is 1. The van der Waals surface area contributed by atoms with Crippen molar-refractivity contribution in [2.75, 3.05) is 0 Å². The molecular weight excluding hydrogens is 326 g/mol. The highest BCUT2D eigenvalue weighted by molar-refractivity contribution is 5.98. The zero-order valence-electron chi connectivity index (χ0n) is 13.0. The molecule has 0 atom stereocenters. The van der Waals surface area contributed by atoms with E-state index in [0.29, 0.717) is 17.5 Å². The van der Waals surface area contributed by atoms with Crippen molar-refractivity contribution in [3.63, 3.8) is 0 Å². The van der Waals surface area contributed by atoms with Crippen LogP contribution in [0.5, 0.6) is 11.5 Å². The summed E-state index contributed by atoms with van der Waals surface area (Å²) in [6.45, 7) is 3.60. The molecule has 0 aliphatic carbocycles. The number of benzene rings is 2. The van der Waals surface area contributed by atoms with Crippen molar-refractivity contribution in [2.24, 2.45) is 5.10 Å². The SMILES string of the molecule is C=CCc1cccc(/C=N/NC(=O)c2cc([N+](=O)[O-])ccc2O)c1O. The van der Waals surface area contributed by atoms with Crippen molar-refractivity contribution >= 4 is 17.8 Å². The van der Waals surface area contributed by atoms with Gasteiger partial charge in [-0.15, -0.1) is 6.58 Å². The van der Waals surface area contributed by atoms with Crippen molar-refractivity contribution in [3.05, 3.63) is 75.9 Å². The van der Waals surface area contributed by atoms with Gasteiger partial charge in [0.05, 0.1) is 16.7 Å². The molecule has 0 spiro atoms. The van der Waals surface area contributed by atoms with Crippen LogP contribution in [0.25, 0.3) is 0 Å². The van der Waals surface area contributed by atoms with Crippen LogP contribution < -0.4 is 5.43 Å². The quantitative estimate of drug-likeness (QED) is 0.322. The van der Waals surface area contributed by atoms with Crippen molar-refractivity contribution < 1.29 is 19.9 Å². The topological polar surface area (TPSA) is 125 Å². The molecule has 1 amide bonds. The van der Waals surface area contributed by atoms with Crippen molar-refractivity contribution in [1.29, 1.82) is 0 Å². The fraction of sp³-hybridized carbons (Fsp3) is 0.0588. The molecule has 2 rings (SSSR count). The van der Waals surface area contributed by atoms with Crippen LogP contribution in [0.4, 0.5) is 5.69 Å². The summed E-state index contributed by atoms with van der Waals surface area (Å²) < 4.78 is 0. The molecule has 0 saturated carbocycles. The van der Waals surface area contributed by atoms with Crippen molar-refractivity contribution in [2.45, 2.75) is 6.42 Å². The largest absolute Gasteiger partial charge is 0.507 e. The lowest BCUT2D eigenvalue weighted by atomic mass is 10.1. The van der Waals surface area contributed by atoms with E-state index >= 15 is 0 Å². The number of carbonyl (C=O) groups is 1. The summed E-state index contributed by atoms with van der Waals surface area (Å²) in [7, 11) is 0. The van der Waals surface area contributed by atoms with Crippen LogP contribution >= 0.6 is 0 Å². The molecule has 0 fully saturated rings. The zero-order chi connectivity index (χ0) is 18.4. The fourth-order valence-corrected chi connectivity index (χ4v) is 2.08. The van der Waals surface area contributed by atoms with Crippen LogP contribution in [0.1, 0.15) is 21.5 Å². The van der Waals surface area contributed by atoms with Gasteiger partial charge in [0.25, 0.3) is 11.6 Å². The second-order valence-corrected chi connectivity index (χ2v) is 5.01. The molecule has 0 radical (unpaired) electrons. The van der Waals surface area contributed by atoms with Gasteiger partial charge in [0, 0.05) is 17.7 Å². The molecule has 0 aromatic heterocycles. The molecule has 0 bridgehead atoms. The van der Waals surface area contributed by atoms with Gasteiger partial charge in [-0.1, -0.05) is 18.2 Å². The Balaban J connectivity index is 2.16. The lowest BCUT2D eigenvalue weighted by Gasteiger charge is -2.05. The fourth-order valence-electron chi connectivity index (χ4n) is 2.08. The van der Waals surface area contributed by atoms with E-state index in [4.69, 9.17) is 0 Å². The number of nitrogens with one attached hydrogen (secondary N) is 1. The third-order valence-corrected chi connectivity index (χ3v) is 3.32. The maximum Gasteiger partial charge on any atom is 0.275 e. The van der Waals surface area contributed by atoms with Gasteiger partial charge in [-0.3, -0.25) is 14.9 Å². The second kappa shape index (κ2) is 7.73. The number of nitro groups is 1. The third kappa shape index (κ3) is 4.20. The summed E-state index contributed by atoms with van der Waals surface area (Å²) in [5.41, 5.74) is 2.57. The van der Waals surface area contributed by atoms with Crippen molar-refractivity contribution in [1.82, 2.24) is 5.43 Å². The average molecular weight is 341 g/mol. The lowest BCUT2D eigenvalue weighted by molar-refractivity contribution is -0.384. The van der Waals surface area contributed by atoms with Crippen LogP contribution in [-0.4, -0.2) is 27.3 Å². The number of nitro benzene ring substituents is 1. The van der Waals surface area contributed by atoms with Crippen molar-refractivity contribution in [3.8, 4) is 11.5 Å². The minimum absolute atomic E-state index is 0.0126. The summed E-state index contributed by atoms with van der Waals surface area (Å²) in [5, 5.41) is 34.2. The first-order valence-corrected chi connectivity index (χ1v) is 7.16. The Hall–Kier alpha value is -3.68. The summed E-state index contributed by atoms with van der Waals surface area (Å²) in [6, 6.07) is 8.13. The number of phenols is 2. The molecule has 0 saturated heterocycles. The number of rotatable bonds is 6. The van der Waals surface area contributed by atoms with Gasteiger partial charge in [-0.2, -0.15) is 5.10 Å². The minimum Gasteiger partial charge on any atom is -0.507 e. The van der Waals surface area contributed by atoms with Gasteiger partial charge >= 0.3 is 0 Å². The third-order valence-electron chi connectivity index (χ3n) is 3.32. The standard InChI is InChI=1S/C17H15N3O5/c1-2-4-11-5-3-6-12(16(11)22)10-18-19-17(23)14-9-13(20(24)25)7-8-15(14)21/h2-3,5-10,21-22H,1,4H2,(H,19,23)/b18-10+. The number of allylic oxidation sites excluding steroid dienone is 1. The van der Waals surface area contributed by atoms with Crippen LogP contribution in [-0.2, 0) is 6.42 Å². The van der Waals surface area contributed by atoms with Crippen LogP contribution in [0.15, 0.2) is 54.2 Å². The highest BCUT2D eigenvalue weighted by Gasteiger charge is 2.16. The summed E-state index contributed by atoms with van der Waals surface area (Å²) in [5.74, 6) is -1.22. The number of hydrogen-bond donors (Lipinski definition) is 3. The average Bonchev–Trinajstić information content (AvgIpc) is 2.58. The van der Waals surface area contributed by atoms with Gasteiger partial charge in [-0.25, -0.2) is 5.43 Å². The van der Waals surface area contributed by atoms with Crippen LogP contribution in [0.3, 0.4) is 0 Å². The maximum atomic E-state index is 12.0. The minimum atomic E-state index is -0.820. The molecule has 2 aromatic rings. The first kappa shape index (κ1) is 17.7. The first-order chi connectivity index (χ1) is 11.9. The molecule has 0 aliphatic heterocycles. The van der Waals surface area contributed by atoms with E-state index in [2.05, 4.69) is 17.1 Å². The lowest BCUT2D eigenvalue weighted by Crippen LogP contribution is -2.18. The van der Waals surface area contributed by atoms with Gasteiger partial charge in [0.2, 0.25) is 0 Å². The highest BCUT2D eigenvalue weighted by Crippen LogP contribution is 2.23. The number of phenolic OH excluding ortho intramolecular Hbond substituents is 2. The van der Waals surface area contributed by atoms with E-state index in [9.17, 15) is 25.1 Å². The molecule has 0 heterocycles. The summed E-state index contributed by atoms with van der Waals surface area (Å²) >= 11 is 0. The predicted octanol–water partition coefficient (Wildman–Crippen LogP) is 2.50. The number of non-ortho nitro benzene ring substituents is 1. The van der Waals surface area contributed by atoms with E-state index < -0.39 is 16.6 Å². The molecule has 8 heteroatoms. The molecule has 0 unspecified atom stereocenters. The molecule has 25 heavy (non-hydrogen) atoms. The Bertz CT molecular complexity index is 861. The van der Waals surface area contributed by atoms with Gasteiger partial charge < -0.3 is 10.2 Å². The van der Waals surface area contributed by atoms with E-state index in [1.54, 1.807) is 24.3 Å². The number of aromatic hydroxyl groups is 2. The number of para-hydroxylation sites is 1. The monoisotopic (exact) mass is 341 g/mol. The number of amides is 1. The van der Waals surface area contributed by atoms with Gasteiger partial charge in [0.1, 0.15) is 11.5 Å². The molecule has 0 aliphatic rings. The smallest absolute Gasteiger partial charge is 0.275 e. The summed E-state index contributed by atoms with van der Waals surface area (Å²) in [6.07, 6.45) is 3.35. The molecule has 8 nitrogen and oxygen atoms in total. The maximum absolute atomic E-state index is 12.0. The summed E-state index contributed by atoms with van der Waals surface area (Å²) in [4.78, 5) is 22.1. The number of carbonyl (C=O) groups excluding carboxylic acids is 1. The molecular formula is C17H15N3O5. The van der Waals surface area contributed by atoms with Crippen LogP contribution in [0.2, 0.25) is 0 Å². The molecule has 2 aromatic carbocycles. The Morgan fingerprint density at radius 3 is 2.76 bits per heavy atom. The van der Waals surface area contributed by atoms with E-state index in [-0.39, 0.29) is 17.0 Å². The van der Waals surface area contributed by atoms with Gasteiger partial charge in [0.15, 0.2) is 0 Å². The number of nitrogens with zero attached hydrogens (tertiary/aromatic N) is 2. The molecule has 128 valence electrons. The normalized spacial score (nSPS) is 10.6. The van der Waals surface area contributed by atoms with Gasteiger partial charge in [-0.05, 0) is 24.1 Å². The van der Waals surface area contributed by atoms with E-state index in [1.165, 1.54) is 6.21 Å². The van der Waals surface area contributed by atoms with E-state index in [1.807, 2.05) is 0 Å². The van der Waals surface area contributed by atoms with Crippen LogP contribution in [0, 0.1) is 10.1 Å². The Morgan fingerprint density at radius 1 is 1.32 bits per heavy atom. The second-order valence-electron chi connectivity index (χ2n) is 5.01. The number of hydrogen-bond acceptors (Lipinski definition) is 6. The Morgan fingerprint density at radius 2 is 2.08 bits per heavy atom. The Kier molecular flexibility index (Phi) is 5.47. The van der Waals surface area contributed by atoms with E-state index in [0.717, 1.165) is 18.2 Å². The first-order valence-electron chi connectivity index (χ1n) is 7.16. The Labute approximate surface area is 142 Å². The molecule has 3 N–H and O–H groups in total. The zero-order valence-corrected chi connectivity index (χ0v) is 13.0. The highest BCUT2D eigenvalue weighted by atomic mass is 16.6.